The number of nitrogens with zero attached hydrogens (tertiary/aromatic N) is 2. The molecule has 3 rings (SSSR count). The van der Waals surface area contributed by atoms with Crippen LogP contribution in [0, 0.1) is 0 Å². The van der Waals surface area contributed by atoms with Gasteiger partial charge in [-0.15, -0.1) is 13.2 Å². The van der Waals surface area contributed by atoms with Gasteiger partial charge in [0.15, 0.2) is 5.75 Å². The van der Waals surface area contributed by atoms with Gasteiger partial charge in [0.25, 0.3) is 0 Å². The first-order valence-corrected chi connectivity index (χ1v) is 7.13. The lowest BCUT2D eigenvalue weighted by molar-refractivity contribution is -0.274. The molecule has 23 heavy (non-hydrogen) atoms. The van der Waals surface area contributed by atoms with Crippen molar-refractivity contribution < 1.29 is 23.0 Å². The second-order valence-electron chi connectivity index (χ2n) is 4.58. The number of aromatic hydroxyl groups is 1. The van der Waals surface area contributed by atoms with Gasteiger partial charge in [-0.3, -0.25) is 4.98 Å². The summed E-state index contributed by atoms with van der Waals surface area (Å²) >= 11 is 3.23. The Morgan fingerprint density at radius 1 is 1.00 bits per heavy atom. The van der Waals surface area contributed by atoms with Gasteiger partial charge < -0.3 is 9.84 Å². The summed E-state index contributed by atoms with van der Waals surface area (Å²) in [5.74, 6) is -0.358. The van der Waals surface area contributed by atoms with E-state index >= 15 is 0 Å². The second kappa shape index (κ2) is 5.69. The molecular formula is C15H8BrF3N2O2. The van der Waals surface area contributed by atoms with Crippen LogP contribution in [0.15, 0.2) is 47.2 Å². The number of phenolic OH excluding ortho intramolecular Hbond substituents is 1. The molecule has 8 heteroatoms. The van der Waals surface area contributed by atoms with Crippen LogP contribution in [0.5, 0.6) is 11.5 Å². The minimum atomic E-state index is -4.73. The van der Waals surface area contributed by atoms with Crippen molar-refractivity contribution >= 4 is 27.0 Å². The molecule has 0 saturated carbocycles. The molecule has 0 fully saturated rings. The third kappa shape index (κ3) is 3.21. The Bertz CT molecular complexity index is 867. The quantitative estimate of drug-likeness (QED) is 0.697. The number of hydrogen-bond donors (Lipinski definition) is 1. The Morgan fingerprint density at radius 3 is 2.22 bits per heavy atom. The maximum Gasteiger partial charge on any atom is 0.573 e. The van der Waals surface area contributed by atoms with Crippen LogP contribution in [-0.4, -0.2) is 21.4 Å². The van der Waals surface area contributed by atoms with Gasteiger partial charge in [0.1, 0.15) is 16.8 Å². The fraction of sp³-hybridized carbons (Fsp3) is 0.0667. The van der Waals surface area contributed by atoms with Crippen LogP contribution >= 0.6 is 15.9 Å². The van der Waals surface area contributed by atoms with Crippen molar-refractivity contribution in [3.05, 3.63) is 47.2 Å². The van der Waals surface area contributed by atoms with Crippen LogP contribution in [0.4, 0.5) is 13.2 Å². The van der Waals surface area contributed by atoms with E-state index in [-0.39, 0.29) is 11.5 Å². The van der Waals surface area contributed by atoms with Crippen molar-refractivity contribution in [3.63, 3.8) is 0 Å². The first-order valence-electron chi connectivity index (χ1n) is 6.33. The molecule has 0 radical (unpaired) electrons. The average Bonchev–Trinajstić information content (AvgIpc) is 2.50. The molecule has 0 atom stereocenters. The van der Waals surface area contributed by atoms with Gasteiger partial charge in [0.05, 0.1) is 4.47 Å². The molecule has 0 bridgehead atoms. The summed E-state index contributed by atoms with van der Waals surface area (Å²) in [7, 11) is 0. The fourth-order valence-corrected chi connectivity index (χ4v) is 2.56. The highest BCUT2D eigenvalue weighted by molar-refractivity contribution is 9.10. The van der Waals surface area contributed by atoms with E-state index in [1.807, 2.05) is 0 Å². The summed E-state index contributed by atoms with van der Waals surface area (Å²) in [6, 6.07) is 7.02. The maximum absolute atomic E-state index is 12.2. The zero-order chi connectivity index (χ0) is 16.6. The van der Waals surface area contributed by atoms with E-state index in [4.69, 9.17) is 0 Å². The summed E-state index contributed by atoms with van der Waals surface area (Å²) in [6.07, 6.45) is -1.82. The SMILES string of the molecule is Oc1c(Br)cc(-c2ccc(OC(F)(F)F)cc2)c2nccnc12. The first-order chi connectivity index (χ1) is 10.8. The minimum absolute atomic E-state index is 0.0473. The number of benzene rings is 2. The molecule has 1 heterocycles. The van der Waals surface area contributed by atoms with Crippen molar-refractivity contribution in [2.24, 2.45) is 0 Å². The molecule has 118 valence electrons. The second-order valence-corrected chi connectivity index (χ2v) is 5.43. The number of aromatic nitrogens is 2. The number of ether oxygens (including phenoxy) is 1. The van der Waals surface area contributed by atoms with E-state index in [1.165, 1.54) is 36.7 Å². The molecule has 4 nitrogen and oxygen atoms in total. The fourth-order valence-electron chi connectivity index (χ4n) is 2.14. The molecule has 1 aromatic heterocycles. The van der Waals surface area contributed by atoms with E-state index < -0.39 is 6.36 Å². The summed E-state index contributed by atoms with van der Waals surface area (Å²) in [6.45, 7) is 0. The van der Waals surface area contributed by atoms with Crippen molar-refractivity contribution in [1.29, 1.82) is 0 Å². The van der Waals surface area contributed by atoms with Crippen LogP contribution in [0.3, 0.4) is 0 Å². The maximum atomic E-state index is 12.2. The van der Waals surface area contributed by atoms with Crippen LogP contribution in [-0.2, 0) is 0 Å². The van der Waals surface area contributed by atoms with Gasteiger partial charge in [-0.05, 0) is 39.7 Å². The average molecular weight is 385 g/mol. The number of hydrogen-bond acceptors (Lipinski definition) is 4. The Balaban J connectivity index is 2.09. The molecule has 0 unspecified atom stereocenters. The minimum Gasteiger partial charge on any atom is -0.504 e. The summed E-state index contributed by atoms with van der Waals surface area (Å²) < 4.78 is 40.8. The zero-order valence-corrected chi connectivity index (χ0v) is 12.9. The van der Waals surface area contributed by atoms with Crippen LogP contribution in [0.25, 0.3) is 22.2 Å². The molecule has 0 aliphatic heterocycles. The van der Waals surface area contributed by atoms with Crippen LogP contribution in [0.2, 0.25) is 0 Å². The van der Waals surface area contributed by atoms with E-state index in [2.05, 4.69) is 30.6 Å². The van der Waals surface area contributed by atoms with Crippen molar-refractivity contribution in [1.82, 2.24) is 9.97 Å². The lowest BCUT2D eigenvalue weighted by Gasteiger charge is -2.11. The monoisotopic (exact) mass is 384 g/mol. The Kier molecular flexibility index (Phi) is 3.85. The van der Waals surface area contributed by atoms with Crippen molar-refractivity contribution in [2.45, 2.75) is 6.36 Å². The normalized spacial score (nSPS) is 11.7. The van der Waals surface area contributed by atoms with Gasteiger partial charge in [0.2, 0.25) is 0 Å². The number of rotatable bonds is 2. The van der Waals surface area contributed by atoms with Gasteiger partial charge in [0, 0.05) is 18.0 Å². The third-order valence-corrected chi connectivity index (χ3v) is 3.68. The van der Waals surface area contributed by atoms with Crippen LogP contribution < -0.4 is 4.74 Å². The predicted octanol–water partition coefficient (Wildman–Crippen LogP) is 4.66. The molecule has 1 N–H and O–H groups in total. The summed E-state index contributed by atoms with van der Waals surface area (Å²) in [4.78, 5) is 8.26. The number of halogens is 4. The summed E-state index contributed by atoms with van der Waals surface area (Å²) in [5, 5.41) is 10.0. The smallest absolute Gasteiger partial charge is 0.504 e. The Morgan fingerprint density at radius 2 is 1.61 bits per heavy atom. The molecule has 0 amide bonds. The van der Waals surface area contributed by atoms with E-state index in [0.717, 1.165) is 0 Å². The highest BCUT2D eigenvalue weighted by Gasteiger charge is 2.31. The molecule has 3 aromatic rings. The number of alkyl halides is 3. The van der Waals surface area contributed by atoms with Crippen molar-refractivity contribution in [2.75, 3.05) is 0 Å². The third-order valence-electron chi connectivity index (χ3n) is 3.07. The summed E-state index contributed by atoms with van der Waals surface area (Å²) in [5.41, 5.74) is 1.98. The van der Waals surface area contributed by atoms with E-state index in [9.17, 15) is 18.3 Å². The Labute approximate surface area is 136 Å². The molecular weight excluding hydrogens is 377 g/mol. The lowest BCUT2D eigenvalue weighted by atomic mass is 10.0. The first kappa shape index (κ1) is 15.5. The van der Waals surface area contributed by atoms with Gasteiger partial charge >= 0.3 is 6.36 Å². The molecule has 0 spiro atoms. The van der Waals surface area contributed by atoms with Gasteiger partial charge in [-0.25, -0.2) is 4.98 Å². The van der Waals surface area contributed by atoms with Gasteiger partial charge in [-0.2, -0.15) is 0 Å². The molecule has 2 aromatic carbocycles. The van der Waals surface area contributed by atoms with Crippen molar-refractivity contribution in [3.8, 4) is 22.6 Å². The Hall–Kier alpha value is -2.35. The van der Waals surface area contributed by atoms with Gasteiger partial charge in [-0.1, -0.05) is 12.1 Å². The van der Waals surface area contributed by atoms with E-state index in [0.29, 0.717) is 26.6 Å². The lowest BCUT2D eigenvalue weighted by Crippen LogP contribution is -2.16. The predicted molar refractivity (Wildman–Crippen MR) is 81.0 cm³/mol. The highest BCUT2D eigenvalue weighted by Crippen LogP contribution is 2.38. The molecule has 0 aliphatic carbocycles. The number of phenols is 1. The standard InChI is InChI=1S/C15H8BrF3N2O2/c16-11-7-10(12-13(14(11)22)21-6-5-20-12)8-1-3-9(4-2-8)23-15(17,18)19/h1-7,22H. The van der Waals surface area contributed by atoms with E-state index in [1.54, 1.807) is 6.07 Å². The highest BCUT2D eigenvalue weighted by atomic mass is 79.9. The molecule has 0 aliphatic rings. The largest absolute Gasteiger partial charge is 0.573 e. The van der Waals surface area contributed by atoms with Crippen LogP contribution in [0.1, 0.15) is 0 Å². The molecule has 0 saturated heterocycles. The zero-order valence-electron chi connectivity index (χ0n) is 11.3. The topological polar surface area (TPSA) is 55.2 Å². The number of fused-ring (bicyclic) bond motifs is 1.